The van der Waals surface area contributed by atoms with Gasteiger partial charge in [0.05, 0.1) is 5.69 Å². The van der Waals surface area contributed by atoms with Gasteiger partial charge in [-0.1, -0.05) is 49.3 Å². The van der Waals surface area contributed by atoms with Crippen LogP contribution in [-0.2, 0) is 6.54 Å². The molecule has 1 aliphatic heterocycles. The zero-order valence-electron chi connectivity index (χ0n) is 16.8. The number of hydrogen-bond donors (Lipinski definition) is 1. The average molecular weight is 391 g/mol. The summed E-state index contributed by atoms with van der Waals surface area (Å²) in [6.07, 6.45) is 2.31. The molecule has 0 saturated carbocycles. The van der Waals surface area contributed by atoms with Crippen LogP contribution in [-0.4, -0.2) is 34.1 Å². The highest BCUT2D eigenvalue weighted by molar-refractivity contribution is 5.92. The number of amides is 1. The van der Waals surface area contributed by atoms with Crippen molar-refractivity contribution in [2.75, 3.05) is 18.0 Å². The molecule has 2 aromatic heterocycles. The van der Waals surface area contributed by atoms with Crippen molar-refractivity contribution in [2.45, 2.75) is 39.2 Å². The molecule has 1 N–H and O–H groups in total. The Labute approximate surface area is 170 Å². The molecule has 1 fully saturated rings. The molecule has 1 aliphatic rings. The first-order valence-electron chi connectivity index (χ1n) is 10.0. The summed E-state index contributed by atoms with van der Waals surface area (Å²) in [5.74, 6) is 0.856. The summed E-state index contributed by atoms with van der Waals surface area (Å²) in [4.78, 5) is 24.0. The topological polar surface area (TPSA) is 84.2 Å². The Bertz CT molecular complexity index is 978. The Morgan fingerprint density at radius 3 is 2.59 bits per heavy atom. The number of benzene rings is 1. The molecule has 29 heavy (non-hydrogen) atoms. The largest absolute Gasteiger partial charge is 0.350 e. The highest BCUT2D eigenvalue weighted by Crippen LogP contribution is 2.25. The number of nitrogens with one attached hydrogen (secondary N) is 1. The first-order valence-corrected chi connectivity index (χ1v) is 10.0. The Hall–Kier alpha value is -3.22. The van der Waals surface area contributed by atoms with E-state index in [0.717, 1.165) is 43.1 Å². The van der Waals surface area contributed by atoms with Crippen LogP contribution in [0.15, 0.2) is 47.0 Å². The Balaban J connectivity index is 1.54. The van der Waals surface area contributed by atoms with Crippen molar-refractivity contribution in [1.29, 1.82) is 0 Å². The fourth-order valence-electron chi connectivity index (χ4n) is 3.31. The van der Waals surface area contributed by atoms with Crippen LogP contribution in [0.25, 0.3) is 11.4 Å². The molecule has 3 aromatic rings. The highest BCUT2D eigenvalue weighted by Gasteiger charge is 2.20. The van der Waals surface area contributed by atoms with Crippen LogP contribution in [0.1, 0.15) is 54.4 Å². The van der Waals surface area contributed by atoms with Gasteiger partial charge in [0.15, 0.2) is 0 Å². The van der Waals surface area contributed by atoms with E-state index in [1.54, 1.807) is 6.07 Å². The molecule has 4 rings (SSSR count). The average Bonchev–Trinajstić information content (AvgIpc) is 3.45. The fraction of sp³-hybridized carbons (Fsp3) is 0.364. The van der Waals surface area contributed by atoms with Crippen LogP contribution in [0.5, 0.6) is 0 Å². The maximum Gasteiger partial charge on any atom is 0.290 e. The second-order valence-corrected chi connectivity index (χ2v) is 7.57. The third kappa shape index (κ3) is 4.45. The van der Waals surface area contributed by atoms with Crippen molar-refractivity contribution in [3.63, 3.8) is 0 Å². The molecule has 0 atom stereocenters. The first kappa shape index (κ1) is 19.1. The second-order valence-electron chi connectivity index (χ2n) is 7.57. The maximum absolute atomic E-state index is 12.4. The number of carbonyl (C=O) groups excluding carboxylic acids is 1. The van der Waals surface area contributed by atoms with E-state index in [4.69, 9.17) is 14.5 Å². The van der Waals surface area contributed by atoms with Crippen LogP contribution in [0.2, 0.25) is 0 Å². The number of nitrogens with zero attached hydrogens (tertiary/aromatic N) is 4. The van der Waals surface area contributed by atoms with Crippen molar-refractivity contribution in [2.24, 2.45) is 0 Å². The molecule has 0 unspecified atom stereocenters. The Kier molecular flexibility index (Phi) is 5.55. The summed E-state index contributed by atoms with van der Waals surface area (Å²) >= 11 is 0. The summed E-state index contributed by atoms with van der Waals surface area (Å²) in [6.45, 7) is 6.57. The lowest BCUT2D eigenvalue weighted by atomic mass is 10.1. The van der Waals surface area contributed by atoms with Gasteiger partial charge in [-0.15, -0.1) is 0 Å². The van der Waals surface area contributed by atoms with Crippen molar-refractivity contribution < 1.29 is 9.32 Å². The van der Waals surface area contributed by atoms with Gasteiger partial charge in [0, 0.05) is 31.4 Å². The van der Waals surface area contributed by atoms with Crippen molar-refractivity contribution >= 4 is 11.9 Å². The lowest BCUT2D eigenvalue weighted by molar-refractivity contribution is 0.0914. The molecule has 0 radical (unpaired) electrons. The van der Waals surface area contributed by atoms with E-state index in [-0.39, 0.29) is 17.6 Å². The van der Waals surface area contributed by atoms with Crippen molar-refractivity contribution in [1.82, 2.24) is 20.4 Å². The van der Waals surface area contributed by atoms with Gasteiger partial charge in [0.2, 0.25) is 11.7 Å². The number of rotatable bonds is 6. The van der Waals surface area contributed by atoms with E-state index in [1.807, 2.05) is 36.4 Å². The Morgan fingerprint density at radius 1 is 1.10 bits per heavy atom. The van der Waals surface area contributed by atoms with E-state index in [0.29, 0.717) is 17.9 Å². The van der Waals surface area contributed by atoms with E-state index in [1.165, 1.54) is 0 Å². The monoisotopic (exact) mass is 391 g/mol. The van der Waals surface area contributed by atoms with Gasteiger partial charge in [-0.25, -0.2) is 9.97 Å². The zero-order chi connectivity index (χ0) is 20.2. The quantitative estimate of drug-likeness (QED) is 0.688. The standard InChI is InChI=1S/C22H25N5O2/c1-15(2)17-12-18(25-22(24-17)27-10-6-7-11-27)19-13-20(29-26-19)21(28)23-14-16-8-4-3-5-9-16/h3-5,8-9,12-13,15H,6-7,10-11,14H2,1-2H3,(H,23,28). The van der Waals surface area contributed by atoms with Crippen molar-refractivity contribution in [3.8, 4) is 11.4 Å². The number of anilines is 1. The van der Waals surface area contributed by atoms with E-state index < -0.39 is 0 Å². The van der Waals surface area contributed by atoms with Crippen LogP contribution >= 0.6 is 0 Å². The smallest absolute Gasteiger partial charge is 0.290 e. The van der Waals surface area contributed by atoms with Gasteiger partial charge in [-0.3, -0.25) is 4.79 Å². The number of hydrogen-bond acceptors (Lipinski definition) is 6. The van der Waals surface area contributed by atoms with Crippen LogP contribution in [0.3, 0.4) is 0 Å². The number of aromatic nitrogens is 3. The molecule has 7 nitrogen and oxygen atoms in total. The van der Waals surface area contributed by atoms with Crippen LogP contribution in [0, 0.1) is 0 Å². The minimum atomic E-state index is -0.300. The minimum Gasteiger partial charge on any atom is -0.350 e. The predicted octanol–water partition coefficient (Wildman–Crippen LogP) is 3.79. The lowest BCUT2D eigenvalue weighted by Crippen LogP contribution is -2.22. The van der Waals surface area contributed by atoms with E-state index in [2.05, 4.69) is 29.2 Å². The molecule has 1 saturated heterocycles. The molecule has 0 spiro atoms. The van der Waals surface area contributed by atoms with Gasteiger partial charge in [-0.05, 0) is 30.4 Å². The molecule has 7 heteroatoms. The highest BCUT2D eigenvalue weighted by atomic mass is 16.5. The molecule has 3 heterocycles. The number of carbonyl (C=O) groups is 1. The first-order chi connectivity index (χ1) is 14.1. The zero-order valence-corrected chi connectivity index (χ0v) is 16.8. The SMILES string of the molecule is CC(C)c1cc(-c2cc(C(=O)NCc3ccccc3)on2)nc(N2CCCC2)n1. The molecule has 0 aliphatic carbocycles. The summed E-state index contributed by atoms with van der Waals surface area (Å²) in [6, 6.07) is 13.3. The Morgan fingerprint density at radius 2 is 1.86 bits per heavy atom. The summed E-state index contributed by atoms with van der Waals surface area (Å²) in [5, 5.41) is 6.94. The third-order valence-corrected chi connectivity index (χ3v) is 5.01. The van der Waals surface area contributed by atoms with Gasteiger partial charge in [-0.2, -0.15) is 0 Å². The summed E-state index contributed by atoms with van der Waals surface area (Å²) in [7, 11) is 0. The second kappa shape index (κ2) is 8.43. The van der Waals surface area contributed by atoms with Gasteiger partial charge < -0.3 is 14.7 Å². The fourth-order valence-corrected chi connectivity index (χ4v) is 3.31. The van der Waals surface area contributed by atoms with Gasteiger partial charge >= 0.3 is 0 Å². The lowest BCUT2D eigenvalue weighted by Gasteiger charge is -2.17. The van der Waals surface area contributed by atoms with Gasteiger partial charge in [0.25, 0.3) is 5.91 Å². The third-order valence-electron chi connectivity index (χ3n) is 5.01. The predicted molar refractivity (Wildman–Crippen MR) is 111 cm³/mol. The summed E-state index contributed by atoms with van der Waals surface area (Å²) < 4.78 is 5.30. The molecule has 1 aromatic carbocycles. The molecular weight excluding hydrogens is 366 g/mol. The van der Waals surface area contributed by atoms with Crippen molar-refractivity contribution in [3.05, 3.63) is 59.5 Å². The van der Waals surface area contributed by atoms with Gasteiger partial charge in [0.1, 0.15) is 5.69 Å². The molecule has 1 amide bonds. The van der Waals surface area contributed by atoms with Crippen LogP contribution < -0.4 is 10.2 Å². The minimum absolute atomic E-state index is 0.170. The molecule has 150 valence electrons. The normalized spacial score (nSPS) is 13.8. The molecule has 0 bridgehead atoms. The van der Waals surface area contributed by atoms with E-state index in [9.17, 15) is 4.79 Å². The summed E-state index contributed by atoms with van der Waals surface area (Å²) in [5.41, 5.74) is 3.19. The molecular formula is C22H25N5O2. The van der Waals surface area contributed by atoms with E-state index >= 15 is 0 Å². The maximum atomic E-state index is 12.4. The van der Waals surface area contributed by atoms with Crippen LogP contribution in [0.4, 0.5) is 5.95 Å².